The normalized spacial score (nSPS) is 16.6. The molecule has 0 N–H and O–H groups in total. The van der Waals surface area contributed by atoms with Crippen molar-refractivity contribution in [2.75, 3.05) is 0 Å². The monoisotopic (exact) mass is 296 g/mol. The third-order valence-corrected chi connectivity index (χ3v) is 4.49. The number of pyridine rings is 1. The summed E-state index contributed by atoms with van der Waals surface area (Å²) in [5.41, 5.74) is 2.24. The molecule has 2 aromatic heterocycles. The third-order valence-electron chi connectivity index (χ3n) is 3.66. The number of hydrogen-bond donors (Lipinski definition) is 0. The van der Waals surface area contributed by atoms with Gasteiger partial charge in [-0.3, -0.25) is 0 Å². The van der Waals surface area contributed by atoms with Gasteiger partial charge in [0.15, 0.2) is 0 Å². The highest BCUT2D eigenvalue weighted by Crippen LogP contribution is 2.28. The van der Waals surface area contributed by atoms with Gasteiger partial charge in [0.05, 0.1) is 5.69 Å². The molecule has 0 spiro atoms. The van der Waals surface area contributed by atoms with Crippen LogP contribution in [0.1, 0.15) is 24.1 Å². The van der Waals surface area contributed by atoms with Crippen LogP contribution in [-0.2, 0) is 12.6 Å². The molecule has 1 fully saturated rings. The van der Waals surface area contributed by atoms with Gasteiger partial charge in [0.2, 0.25) is 5.88 Å². The van der Waals surface area contributed by atoms with Crippen LogP contribution in [0.15, 0.2) is 29.4 Å². The van der Waals surface area contributed by atoms with Crippen molar-refractivity contribution in [3.8, 4) is 11.8 Å². The van der Waals surface area contributed by atoms with E-state index in [-0.39, 0.29) is 6.71 Å². The van der Waals surface area contributed by atoms with Crippen molar-refractivity contribution in [1.29, 1.82) is 5.26 Å². The highest BCUT2D eigenvalue weighted by Gasteiger charge is 2.28. The fourth-order valence-electron chi connectivity index (χ4n) is 2.43. The van der Waals surface area contributed by atoms with E-state index in [2.05, 4.69) is 16.1 Å². The fraction of sp³-hybridized carbons (Fsp3) is 0.357. The first kappa shape index (κ1) is 12.8. The maximum Gasteiger partial charge on any atom is 0.278 e. The summed E-state index contributed by atoms with van der Waals surface area (Å²) in [6, 6.07) is 3.91. The molecule has 0 unspecified atom stereocenters. The summed E-state index contributed by atoms with van der Waals surface area (Å²) in [6.07, 6.45) is 8.07. The van der Waals surface area contributed by atoms with E-state index < -0.39 is 0 Å². The van der Waals surface area contributed by atoms with E-state index in [0.29, 0.717) is 12.0 Å². The zero-order valence-electron chi connectivity index (χ0n) is 11.4. The largest absolute Gasteiger partial charge is 0.474 e. The van der Waals surface area contributed by atoms with Crippen LogP contribution in [0.4, 0.5) is 0 Å². The van der Waals surface area contributed by atoms with Gasteiger partial charge in [-0.15, -0.1) is 0 Å². The standard InChI is InChI=1S/C14H13BN4OS/c16-9-15-5-10-8-19(18-13(10)6-15)21-12-3-4-14(17-7-12)20-11-1-2-11/h3-4,7-8,11H,1-2,5-6H2. The van der Waals surface area contributed by atoms with E-state index >= 15 is 0 Å². The van der Waals surface area contributed by atoms with Gasteiger partial charge in [0, 0.05) is 41.3 Å². The lowest BCUT2D eigenvalue weighted by Crippen LogP contribution is -2.11. The molecule has 2 aromatic rings. The number of rotatable bonds is 4. The lowest BCUT2D eigenvalue weighted by atomic mass is 9.49. The van der Waals surface area contributed by atoms with Crippen molar-refractivity contribution < 1.29 is 4.74 Å². The van der Waals surface area contributed by atoms with E-state index in [1.807, 2.05) is 28.6 Å². The van der Waals surface area contributed by atoms with Crippen LogP contribution in [0, 0.1) is 11.2 Å². The van der Waals surface area contributed by atoms with E-state index in [1.54, 1.807) is 0 Å². The van der Waals surface area contributed by atoms with Gasteiger partial charge >= 0.3 is 0 Å². The second-order valence-electron chi connectivity index (χ2n) is 5.48. The summed E-state index contributed by atoms with van der Waals surface area (Å²) in [7, 11) is 0. The average molecular weight is 296 g/mol. The molecule has 5 nitrogen and oxygen atoms in total. The summed E-state index contributed by atoms with van der Waals surface area (Å²) in [5.74, 6) is 3.01. The van der Waals surface area contributed by atoms with E-state index in [9.17, 15) is 0 Å². The highest BCUT2D eigenvalue weighted by atomic mass is 32.2. The zero-order valence-corrected chi connectivity index (χ0v) is 12.2. The Bertz CT molecular complexity index is 681. The molecule has 0 bridgehead atoms. The lowest BCUT2D eigenvalue weighted by Gasteiger charge is -2.04. The average Bonchev–Trinajstić information content (AvgIpc) is 3.09. The molecule has 0 saturated heterocycles. The predicted octanol–water partition coefficient (Wildman–Crippen LogP) is 2.11. The predicted molar refractivity (Wildman–Crippen MR) is 80.1 cm³/mol. The molecule has 2 aliphatic rings. The first-order valence-electron chi connectivity index (χ1n) is 7.08. The molecule has 1 aliphatic heterocycles. The SMILES string of the molecule is N#CB1Cc2cn(Sc3ccc(OC4CC4)nc3)nc2C1. The zero-order chi connectivity index (χ0) is 14.2. The molecule has 104 valence electrons. The van der Waals surface area contributed by atoms with Crippen LogP contribution in [0.5, 0.6) is 5.88 Å². The van der Waals surface area contributed by atoms with Crippen LogP contribution in [0.2, 0.25) is 0 Å². The smallest absolute Gasteiger partial charge is 0.278 e. The summed E-state index contributed by atoms with van der Waals surface area (Å²) in [5, 5.41) is 13.5. The van der Waals surface area contributed by atoms with Crippen molar-refractivity contribution in [3.63, 3.8) is 0 Å². The van der Waals surface area contributed by atoms with Gasteiger partial charge in [-0.1, -0.05) is 0 Å². The van der Waals surface area contributed by atoms with Crippen LogP contribution in [0.25, 0.3) is 0 Å². The van der Waals surface area contributed by atoms with Crippen LogP contribution >= 0.6 is 11.9 Å². The Labute approximate surface area is 127 Å². The number of nitrogens with zero attached hydrogens (tertiary/aromatic N) is 4. The summed E-state index contributed by atoms with van der Waals surface area (Å²) in [6.45, 7) is 0.0997. The Hall–Kier alpha value is -1.94. The first-order valence-corrected chi connectivity index (χ1v) is 7.85. The molecule has 1 aliphatic carbocycles. The Morgan fingerprint density at radius 2 is 2.29 bits per heavy atom. The second-order valence-corrected chi connectivity index (χ2v) is 6.51. The van der Waals surface area contributed by atoms with E-state index in [0.717, 1.165) is 36.1 Å². The van der Waals surface area contributed by atoms with Gasteiger partial charge in [-0.05, 0) is 37.1 Å². The van der Waals surface area contributed by atoms with Crippen molar-refractivity contribution >= 4 is 18.7 Å². The van der Waals surface area contributed by atoms with Crippen molar-refractivity contribution in [2.24, 2.45) is 0 Å². The molecular formula is C14H13BN4OS. The van der Waals surface area contributed by atoms with Gasteiger partial charge in [-0.25, -0.2) is 14.3 Å². The Kier molecular flexibility index (Phi) is 3.11. The molecule has 21 heavy (non-hydrogen) atoms. The molecule has 0 atom stereocenters. The quantitative estimate of drug-likeness (QED) is 0.809. The topological polar surface area (TPSA) is 63.7 Å². The van der Waals surface area contributed by atoms with Gasteiger partial charge in [0.1, 0.15) is 6.10 Å². The Morgan fingerprint density at radius 3 is 2.95 bits per heavy atom. The molecule has 7 heteroatoms. The molecule has 0 aromatic carbocycles. The number of fused-ring (bicyclic) bond motifs is 1. The van der Waals surface area contributed by atoms with Crippen molar-refractivity contribution in [3.05, 3.63) is 35.8 Å². The minimum Gasteiger partial charge on any atom is -0.474 e. The third kappa shape index (κ3) is 2.76. The fourth-order valence-corrected chi connectivity index (χ4v) is 3.19. The molecule has 3 heterocycles. The van der Waals surface area contributed by atoms with Crippen LogP contribution in [0.3, 0.4) is 0 Å². The maximum atomic E-state index is 8.94. The number of hydrogen-bond acceptors (Lipinski definition) is 5. The maximum absolute atomic E-state index is 8.94. The minimum absolute atomic E-state index is 0.0997. The summed E-state index contributed by atoms with van der Waals surface area (Å²) < 4.78 is 7.49. The molecule has 1 saturated carbocycles. The Balaban J connectivity index is 1.43. The summed E-state index contributed by atoms with van der Waals surface area (Å²) in [4.78, 5) is 5.34. The Morgan fingerprint density at radius 1 is 1.38 bits per heavy atom. The highest BCUT2D eigenvalue weighted by molar-refractivity contribution is 7.97. The van der Waals surface area contributed by atoms with Crippen molar-refractivity contribution in [1.82, 2.24) is 14.2 Å². The lowest BCUT2D eigenvalue weighted by molar-refractivity contribution is 0.290. The van der Waals surface area contributed by atoms with Gasteiger partial charge in [-0.2, -0.15) is 5.10 Å². The van der Waals surface area contributed by atoms with Gasteiger partial charge in [0.25, 0.3) is 6.71 Å². The van der Waals surface area contributed by atoms with E-state index in [1.165, 1.54) is 17.5 Å². The molecule has 0 radical (unpaired) electrons. The summed E-state index contributed by atoms with van der Waals surface area (Å²) >= 11 is 1.53. The van der Waals surface area contributed by atoms with Crippen molar-refractivity contribution in [2.45, 2.75) is 36.5 Å². The van der Waals surface area contributed by atoms with Crippen LogP contribution < -0.4 is 4.74 Å². The van der Waals surface area contributed by atoms with Gasteiger partial charge < -0.3 is 4.74 Å². The van der Waals surface area contributed by atoms with Crippen LogP contribution in [-0.4, -0.2) is 27.0 Å². The molecular weight excluding hydrogens is 283 g/mol. The minimum atomic E-state index is 0.0997. The second kappa shape index (κ2) is 5.12. The number of ether oxygens (including phenoxy) is 1. The number of aromatic nitrogens is 3. The molecule has 4 rings (SSSR count). The van der Waals surface area contributed by atoms with E-state index in [4.69, 9.17) is 10.00 Å². The molecule has 0 amide bonds. The first-order chi connectivity index (χ1) is 10.3. The number of nitriles is 1.